The van der Waals surface area contributed by atoms with Crippen molar-refractivity contribution in [3.05, 3.63) is 22.7 Å². The standard InChI is InChI=1S/C13H19BrN2O/c1-17-11-4-5-12(14)13(7-11)16-9-10-3-2-6-15-8-10/h4-5,7,10,15-16H,2-3,6,8-9H2,1H3. The summed E-state index contributed by atoms with van der Waals surface area (Å²) in [5.74, 6) is 1.61. The van der Waals surface area contributed by atoms with Gasteiger partial charge in [-0.15, -0.1) is 0 Å². The SMILES string of the molecule is COc1ccc(Br)c(NCC2CCCNC2)c1. The lowest BCUT2D eigenvalue weighted by atomic mass is 10.00. The molecular formula is C13H19BrN2O. The van der Waals surface area contributed by atoms with Crippen LogP contribution in [0, 0.1) is 5.92 Å². The molecule has 1 aliphatic heterocycles. The molecular weight excluding hydrogens is 280 g/mol. The van der Waals surface area contributed by atoms with Crippen molar-refractivity contribution >= 4 is 21.6 Å². The number of methoxy groups -OCH3 is 1. The van der Waals surface area contributed by atoms with Crippen molar-refractivity contribution in [3.8, 4) is 5.75 Å². The monoisotopic (exact) mass is 298 g/mol. The van der Waals surface area contributed by atoms with E-state index in [1.54, 1.807) is 7.11 Å². The minimum Gasteiger partial charge on any atom is -0.497 e. The largest absolute Gasteiger partial charge is 0.497 e. The fourth-order valence-electron chi connectivity index (χ4n) is 2.12. The van der Waals surface area contributed by atoms with E-state index in [1.807, 2.05) is 18.2 Å². The Morgan fingerprint density at radius 2 is 2.41 bits per heavy atom. The molecule has 4 heteroatoms. The smallest absolute Gasteiger partial charge is 0.121 e. The van der Waals surface area contributed by atoms with E-state index < -0.39 is 0 Å². The van der Waals surface area contributed by atoms with Crippen LogP contribution in [0.1, 0.15) is 12.8 Å². The highest BCUT2D eigenvalue weighted by molar-refractivity contribution is 9.10. The molecule has 0 spiro atoms. The maximum atomic E-state index is 5.23. The third-order valence-electron chi connectivity index (χ3n) is 3.15. The Morgan fingerprint density at radius 3 is 3.12 bits per heavy atom. The second-order valence-electron chi connectivity index (χ2n) is 4.44. The van der Waals surface area contributed by atoms with Crippen molar-refractivity contribution in [1.82, 2.24) is 5.32 Å². The lowest BCUT2D eigenvalue weighted by Crippen LogP contribution is -2.33. The van der Waals surface area contributed by atoms with Crippen molar-refractivity contribution in [2.45, 2.75) is 12.8 Å². The van der Waals surface area contributed by atoms with Crippen molar-refractivity contribution in [3.63, 3.8) is 0 Å². The molecule has 17 heavy (non-hydrogen) atoms. The van der Waals surface area contributed by atoms with E-state index in [2.05, 4.69) is 26.6 Å². The van der Waals surface area contributed by atoms with Crippen LogP contribution in [0.2, 0.25) is 0 Å². The lowest BCUT2D eigenvalue weighted by molar-refractivity contribution is 0.392. The van der Waals surface area contributed by atoms with Crippen molar-refractivity contribution in [2.24, 2.45) is 5.92 Å². The molecule has 0 amide bonds. The van der Waals surface area contributed by atoms with Gasteiger partial charge in [-0.05, 0) is 59.9 Å². The van der Waals surface area contributed by atoms with Gasteiger partial charge >= 0.3 is 0 Å². The zero-order chi connectivity index (χ0) is 12.1. The molecule has 1 heterocycles. The summed E-state index contributed by atoms with van der Waals surface area (Å²) in [4.78, 5) is 0. The van der Waals surface area contributed by atoms with Gasteiger partial charge in [-0.2, -0.15) is 0 Å². The summed E-state index contributed by atoms with van der Waals surface area (Å²) in [7, 11) is 1.69. The highest BCUT2D eigenvalue weighted by Gasteiger charge is 2.13. The number of ether oxygens (including phenoxy) is 1. The fourth-order valence-corrected chi connectivity index (χ4v) is 2.51. The molecule has 0 radical (unpaired) electrons. The second kappa shape index (κ2) is 6.26. The first-order valence-corrected chi connectivity index (χ1v) is 6.87. The van der Waals surface area contributed by atoms with E-state index in [1.165, 1.54) is 19.4 Å². The zero-order valence-corrected chi connectivity index (χ0v) is 11.7. The van der Waals surface area contributed by atoms with Gasteiger partial charge < -0.3 is 15.4 Å². The molecule has 94 valence electrons. The van der Waals surface area contributed by atoms with Gasteiger partial charge in [0, 0.05) is 17.1 Å². The van der Waals surface area contributed by atoms with Crippen LogP contribution in [0.3, 0.4) is 0 Å². The number of anilines is 1. The number of benzene rings is 1. The molecule has 0 saturated carbocycles. The average molecular weight is 299 g/mol. The van der Waals surface area contributed by atoms with Crippen LogP contribution in [-0.4, -0.2) is 26.7 Å². The molecule has 1 aromatic carbocycles. The lowest BCUT2D eigenvalue weighted by Gasteiger charge is -2.23. The predicted octanol–water partition coefficient (Wildman–Crippen LogP) is 2.87. The van der Waals surface area contributed by atoms with Crippen LogP contribution in [0.15, 0.2) is 22.7 Å². The van der Waals surface area contributed by atoms with Gasteiger partial charge in [0.1, 0.15) is 5.75 Å². The Kier molecular flexibility index (Phi) is 4.68. The number of hydrogen-bond acceptors (Lipinski definition) is 3. The number of piperidine rings is 1. The van der Waals surface area contributed by atoms with Crippen LogP contribution in [0.5, 0.6) is 5.75 Å². The van der Waals surface area contributed by atoms with Crippen LogP contribution in [-0.2, 0) is 0 Å². The number of rotatable bonds is 4. The Labute approximate surface area is 111 Å². The highest BCUT2D eigenvalue weighted by atomic mass is 79.9. The Bertz CT molecular complexity index is 364. The summed E-state index contributed by atoms with van der Waals surface area (Å²) < 4.78 is 6.31. The maximum Gasteiger partial charge on any atom is 0.121 e. The van der Waals surface area contributed by atoms with E-state index in [0.29, 0.717) is 0 Å². The minimum absolute atomic E-state index is 0.724. The van der Waals surface area contributed by atoms with E-state index in [-0.39, 0.29) is 0 Å². The van der Waals surface area contributed by atoms with Gasteiger partial charge in [-0.1, -0.05) is 0 Å². The molecule has 0 aromatic heterocycles. The molecule has 3 nitrogen and oxygen atoms in total. The maximum absolute atomic E-state index is 5.23. The normalized spacial score (nSPS) is 20.0. The molecule has 1 aliphatic rings. The molecule has 1 atom stereocenters. The number of nitrogens with one attached hydrogen (secondary N) is 2. The second-order valence-corrected chi connectivity index (χ2v) is 5.29. The number of hydrogen-bond donors (Lipinski definition) is 2. The Balaban J connectivity index is 1.92. The molecule has 1 aromatic rings. The molecule has 2 N–H and O–H groups in total. The molecule has 0 aliphatic carbocycles. The first-order chi connectivity index (χ1) is 8.29. The molecule has 2 rings (SSSR count). The Morgan fingerprint density at radius 1 is 1.53 bits per heavy atom. The van der Waals surface area contributed by atoms with Crippen molar-refractivity contribution in [2.75, 3.05) is 32.1 Å². The van der Waals surface area contributed by atoms with Crippen LogP contribution < -0.4 is 15.4 Å². The number of halogens is 1. The van der Waals surface area contributed by atoms with Gasteiger partial charge in [-0.25, -0.2) is 0 Å². The summed E-state index contributed by atoms with van der Waals surface area (Å²) >= 11 is 3.55. The summed E-state index contributed by atoms with van der Waals surface area (Å²) in [5, 5.41) is 6.92. The summed E-state index contributed by atoms with van der Waals surface area (Å²) in [6, 6.07) is 6.00. The average Bonchev–Trinajstić information content (AvgIpc) is 2.39. The van der Waals surface area contributed by atoms with E-state index in [4.69, 9.17) is 4.74 Å². The fraction of sp³-hybridized carbons (Fsp3) is 0.538. The van der Waals surface area contributed by atoms with Crippen molar-refractivity contribution in [1.29, 1.82) is 0 Å². The first-order valence-electron chi connectivity index (χ1n) is 6.07. The van der Waals surface area contributed by atoms with Crippen LogP contribution in [0.25, 0.3) is 0 Å². The van der Waals surface area contributed by atoms with E-state index >= 15 is 0 Å². The van der Waals surface area contributed by atoms with Gasteiger partial charge in [-0.3, -0.25) is 0 Å². The zero-order valence-electron chi connectivity index (χ0n) is 10.1. The molecule has 1 saturated heterocycles. The first kappa shape index (κ1) is 12.7. The molecule has 1 unspecified atom stereocenters. The summed E-state index contributed by atoms with van der Waals surface area (Å²) in [5.41, 5.74) is 1.11. The summed E-state index contributed by atoms with van der Waals surface area (Å²) in [6.45, 7) is 3.30. The molecule has 1 fully saturated rings. The van der Waals surface area contributed by atoms with Crippen LogP contribution in [0.4, 0.5) is 5.69 Å². The molecule has 0 bridgehead atoms. The highest BCUT2D eigenvalue weighted by Crippen LogP contribution is 2.27. The quantitative estimate of drug-likeness (QED) is 0.897. The van der Waals surface area contributed by atoms with Gasteiger partial charge in [0.05, 0.1) is 12.8 Å². The summed E-state index contributed by atoms with van der Waals surface area (Å²) in [6.07, 6.45) is 2.59. The third kappa shape index (κ3) is 3.61. The van der Waals surface area contributed by atoms with Crippen LogP contribution >= 0.6 is 15.9 Å². The predicted molar refractivity (Wildman–Crippen MR) is 74.8 cm³/mol. The van der Waals surface area contributed by atoms with Crippen molar-refractivity contribution < 1.29 is 4.74 Å². The topological polar surface area (TPSA) is 33.3 Å². The van der Waals surface area contributed by atoms with E-state index in [9.17, 15) is 0 Å². The third-order valence-corrected chi connectivity index (χ3v) is 3.85. The van der Waals surface area contributed by atoms with Gasteiger partial charge in [0.25, 0.3) is 0 Å². The van der Waals surface area contributed by atoms with Gasteiger partial charge in [0.2, 0.25) is 0 Å². The van der Waals surface area contributed by atoms with Gasteiger partial charge in [0.15, 0.2) is 0 Å². The minimum atomic E-state index is 0.724. The Hall–Kier alpha value is -0.740. The van der Waals surface area contributed by atoms with E-state index in [0.717, 1.165) is 34.9 Å².